The summed E-state index contributed by atoms with van der Waals surface area (Å²) in [6.45, 7) is 0.921. The van der Waals surface area contributed by atoms with Crippen LogP contribution < -0.4 is 5.73 Å². The van der Waals surface area contributed by atoms with Crippen LogP contribution in [-0.2, 0) is 10.2 Å². The maximum absolute atomic E-state index is 13.4. The molecule has 98 valence electrons. The highest BCUT2D eigenvalue weighted by atomic mass is 19.2. The van der Waals surface area contributed by atoms with Crippen molar-refractivity contribution in [2.75, 3.05) is 18.9 Å². The van der Waals surface area contributed by atoms with E-state index in [4.69, 9.17) is 10.5 Å². The zero-order valence-corrected chi connectivity index (χ0v) is 10.2. The van der Waals surface area contributed by atoms with Crippen LogP contribution >= 0.6 is 0 Å². The first-order valence-corrected chi connectivity index (χ1v) is 6.01. The molecule has 1 aliphatic heterocycles. The van der Waals surface area contributed by atoms with Gasteiger partial charge in [-0.15, -0.1) is 0 Å². The Morgan fingerprint density at radius 3 is 2.05 bits per heavy atom. The summed E-state index contributed by atoms with van der Waals surface area (Å²) in [5, 5.41) is 0. The predicted octanol–water partition coefficient (Wildman–Crippen LogP) is 2.86. The summed E-state index contributed by atoms with van der Waals surface area (Å²) in [5.41, 5.74) is 7.66. The second-order valence-corrected chi connectivity index (χ2v) is 4.83. The first-order chi connectivity index (χ1) is 9.12. The molecule has 2 aromatic rings. The Morgan fingerprint density at radius 1 is 0.895 bits per heavy atom. The van der Waals surface area contributed by atoms with Crippen LogP contribution in [0.4, 0.5) is 14.5 Å². The van der Waals surface area contributed by atoms with E-state index in [1.54, 1.807) is 18.2 Å². The molecular weight excluding hydrogens is 248 g/mol. The van der Waals surface area contributed by atoms with E-state index < -0.39 is 17.0 Å². The van der Waals surface area contributed by atoms with Gasteiger partial charge in [-0.25, -0.2) is 8.78 Å². The van der Waals surface area contributed by atoms with Crippen LogP contribution in [-0.4, -0.2) is 13.2 Å². The van der Waals surface area contributed by atoms with Crippen molar-refractivity contribution in [1.29, 1.82) is 0 Å². The van der Waals surface area contributed by atoms with Crippen molar-refractivity contribution in [3.63, 3.8) is 0 Å². The highest BCUT2D eigenvalue weighted by molar-refractivity contribution is 5.47. The Hall–Kier alpha value is -1.94. The Morgan fingerprint density at radius 2 is 1.53 bits per heavy atom. The number of rotatable bonds is 2. The first kappa shape index (κ1) is 12.1. The Bertz CT molecular complexity index is 606. The molecule has 2 aromatic carbocycles. The standard InChI is InChI=1S/C15H13F2NO/c16-13-6-3-11(7-14(13)17)15(8-19-9-15)10-1-4-12(18)5-2-10/h1-7H,8-9,18H2. The fourth-order valence-corrected chi connectivity index (χ4v) is 2.40. The molecule has 0 saturated carbocycles. The Labute approximate surface area is 109 Å². The minimum absolute atomic E-state index is 0.401. The van der Waals surface area contributed by atoms with Crippen molar-refractivity contribution in [3.05, 3.63) is 65.2 Å². The number of nitrogens with two attached hydrogens (primary N) is 1. The lowest BCUT2D eigenvalue weighted by Crippen LogP contribution is -2.47. The van der Waals surface area contributed by atoms with E-state index in [2.05, 4.69) is 0 Å². The third-order valence-electron chi connectivity index (χ3n) is 3.63. The van der Waals surface area contributed by atoms with Crippen molar-refractivity contribution in [3.8, 4) is 0 Å². The van der Waals surface area contributed by atoms with Crippen LogP contribution in [0.5, 0.6) is 0 Å². The molecule has 0 bridgehead atoms. The summed E-state index contributed by atoms with van der Waals surface area (Å²) in [6.07, 6.45) is 0. The summed E-state index contributed by atoms with van der Waals surface area (Å²) in [5.74, 6) is -1.67. The molecule has 2 N–H and O–H groups in total. The fourth-order valence-electron chi connectivity index (χ4n) is 2.40. The van der Waals surface area contributed by atoms with Crippen molar-refractivity contribution < 1.29 is 13.5 Å². The number of nitrogen functional groups attached to an aromatic ring is 1. The van der Waals surface area contributed by atoms with Crippen molar-refractivity contribution in [2.45, 2.75) is 5.41 Å². The molecule has 3 rings (SSSR count). The maximum atomic E-state index is 13.4. The predicted molar refractivity (Wildman–Crippen MR) is 68.8 cm³/mol. The molecule has 0 aliphatic carbocycles. The molecule has 0 unspecified atom stereocenters. The molecular formula is C15H13F2NO. The van der Waals surface area contributed by atoms with E-state index in [9.17, 15) is 8.78 Å². The Kier molecular flexibility index (Phi) is 2.75. The molecule has 4 heteroatoms. The average molecular weight is 261 g/mol. The van der Waals surface area contributed by atoms with Gasteiger partial charge in [0.1, 0.15) is 0 Å². The lowest BCUT2D eigenvalue weighted by Gasteiger charge is -2.42. The summed E-state index contributed by atoms with van der Waals surface area (Å²) < 4.78 is 31.8. The van der Waals surface area contributed by atoms with Gasteiger partial charge in [-0.1, -0.05) is 18.2 Å². The van der Waals surface area contributed by atoms with Crippen LogP contribution in [0.15, 0.2) is 42.5 Å². The third kappa shape index (κ3) is 1.88. The summed E-state index contributed by atoms with van der Waals surface area (Å²) >= 11 is 0. The zero-order chi connectivity index (χ0) is 13.5. The number of benzene rings is 2. The van der Waals surface area contributed by atoms with Crippen LogP contribution in [0.2, 0.25) is 0 Å². The van der Waals surface area contributed by atoms with Crippen LogP contribution in [0.3, 0.4) is 0 Å². The molecule has 0 radical (unpaired) electrons. The van der Waals surface area contributed by atoms with Crippen LogP contribution in [0, 0.1) is 11.6 Å². The van der Waals surface area contributed by atoms with E-state index >= 15 is 0 Å². The lowest BCUT2D eigenvalue weighted by molar-refractivity contribution is -0.0381. The molecule has 0 aromatic heterocycles. The number of hydrogen-bond donors (Lipinski definition) is 1. The highest BCUT2D eigenvalue weighted by Gasteiger charge is 2.42. The largest absolute Gasteiger partial charge is 0.399 e. The number of ether oxygens (including phenoxy) is 1. The highest BCUT2D eigenvalue weighted by Crippen LogP contribution is 2.39. The molecule has 1 saturated heterocycles. The molecule has 1 heterocycles. The van der Waals surface area contributed by atoms with Crippen molar-refractivity contribution in [1.82, 2.24) is 0 Å². The van der Waals surface area contributed by atoms with Gasteiger partial charge in [0.05, 0.1) is 18.6 Å². The minimum atomic E-state index is -0.837. The number of hydrogen-bond acceptors (Lipinski definition) is 2. The summed E-state index contributed by atoms with van der Waals surface area (Å²) in [6, 6.07) is 11.4. The van der Waals surface area contributed by atoms with E-state index in [1.165, 1.54) is 6.07 Å². The SMILES string of the molecule is Nc1ccc(C2(c3ccc(F)c(F)c3)COC2)cc1. The van der Waals surface area contributed by atoms with Gasteiger partial charge in [-0.3, -0.25) is 0 Å². The minimum Gasteiger partial charge on any atom is -0.399 e. The van der Waals surface area contributed by atoms with Gasteiger partial charge in [0, 0.05) is 5.69 Å². The first-order valence-electron chi connectivity index (χ1n) is 6.01. The van der Waals surface area contributed by atoms with Gasteiger partial charge in [0.25, 0.3) is 0 Å². The van der Waals surface area contributed by atoms with Crippen molar-refractivity contribution >= 4 is 5.69 Å². The molecule has 1 fully saturated rings. The van der Waals surface area contributed by atoms with Crippen molar-refractivity contribution in [2.24, 2.45) is 0 Å². The normalized spacial score (nSPS) is 16.9. The third-order valence-corrected chi connectivity index (χ3v) is 3.63. The maximum Gasteiger partial charge on any atom is 0.159 e. The van der Waals surface area contributed by atoms with E-state index in [0.717, 1.165) is 17.2 Å². The second kappa shape index (κ2) is 4.31. The van der Waals surface area contributed by atoms with Gasteiger partial charge >= 0.3 is 0 Å². The van der Waals surface area contributed by atoms with Gasteiger partial charge in [-0.05, 0) is 35.4 Å². The molecule has 0 spiro atoms. The topological polar surface area (TPSA) is 35.2 Å². The molecule has 1 aliphatic rings. The lowest BCUT2D eigenvalue weighted by atomic mass is 9.73. The van der Waals surface area contributed by atoms with Gasteiger partial charge in [0.15, 0.2) is 11.6 Å². The monoisotopic (exact) mass is 261 g/mol. The van der Waals surface area contributed by atoms with E-state index in [0.29, 0.717) is 18.9 Å². The van der Waals surface area contributed by atoms with Crippen LogP contribution in [0.25, 0.3) is 0 Å². The number of halogens is 2. The zero-order valence-electron chi connectivity index (χ0n) is 10.2. The molecule has 0 atom stereocenters. The molecule has 2 nitrogen and oxygen atoms in total. The molecule has 19 heavy (non-hydrogen) atoms. The van der Waals surface area contributed by atoms with Crippen LogP contribution in [0.1, 0.15) is 11.1 Å². The summed E-state index contributed by atoms with van der Waals surface area (Å²) in [4.78, 5) is 0. The van der Waals surface area contributed by atoms with E-state index in [1.807, 2.05) is 12.1 Å². The smallest absolute Gasteiger partial charge is 0.159 e. The fraction of sp³-hybridized carbons (Fsp3) is 0.200. The van der Waals surface area contributed by atoms with Gasteiger partial charge in [0.2, 0.25) is 0 Å². The Balaban J connectivity index is 2.07. The van der Waals surface area contributed by atoms with E-state index in [-0.39, 0.29) is 0 Å². The average Bonchev–Trinajstić information content (AvgIpc) is 2.34. The number of anilines is 1. The second-order valence-electron chi connectivity index (χ2n) is 4.83. The molecule has 0 amide bonds. The summed E-state index contributed by atoms with van der Waals surface area (Å²) in [7, 11) is 0. The van der Waals surface area contributed by atoms with Gasteiger partial charge < -0.3 is 10.5 Å². The quantitative estimate of drug-likeness (QED) is 0.844. The van der Waals surface area contributed by atoms with Gasteiger partial charge in [-0.2, -0.15) is 0 Å².